The first-order chi connectivity index (χ1) is 16.1. The Labute approximate surface area is 202 Å². The lowest BCUT2D eigenvalue weighted by atomic mass is 10.0. The van der Waals surface area contributed by atoms with Gasteiger partial charge in [-0.1, -0.05) is 62.7 Å². The van der Waals surface area contributed by atoms with Gasteiger partial charge in [-0.15, -0.1) is 0 Å². The predicted molar refractivity (Wildman–Crippen MR) is 144 cm³/mol. The molecule has 0 aliphatic rings. The van der Waals surface area contributed by atoms with Crippen molar-refractivity contribution in [2.75, 3.05) is 19.0 Å². The molecule has 2 aromatic rings. The van der Waals surface area contributed by atoms with Crippen molar-refractivity contribution in [1.29, 1.82) is 0 Å². The Morgan fingerprint density at radius 3 is 2.58 bits per heavy atom. The second kappa shape index (κ2) is 13.8. The number of benzene rings is 2. The van der Waals surface area contributed by atoms with E-state index < -0.39 is 0 Å². The number of carbonyl (C=O) groups excluding carboxylic acids is 1. The smallest absolute Gasteiger partial charge is 0.319 e. The summed E-state index contributed by atoms with van der Waals surface area (Å²) in [7, 11) is 1.57. The molecule has 0 heterocycles. The lowest BCUT2D eigenvalue weighted by Gasteiger charge is -2.21. The van der Waals surface area contributed by atoms with Crippen LogP contribution in [0, 0.1) is 0 Å². The van der Waals surface area contributed by atoms with E-state index in [-0.39, 0.29) is 16.4 Å². The van der Waals surface area contributed by atoms with Gasteiger partial charge in [-0.3, -0.25) is 0 Å². The number of ether oxygens (including phenoxy) is 1. The first kappa shape index (κ1) is 25.7. The lowest BCUT2D eigenvalue weighted by molar-refractivity contribution is 0.252. The molecule has 1 atom stereocenters. The van der Waals surface area contributed by atoms with Crippen LogP contribution in [0.5, 0.6) is 5.75 Å². The molecule has 2 aromatic carbocycles. The quantitative estimate of drug-likeness (QED) is 0.304. The van der Waals surface area contributed by atoms with Gasteiger partial charge in [0.05, 0.1) is 24.6 Å². The summed E-state index contributed by atoms with van der Waals surface area (Å²) in [6, 6.07) is 15.9. The molecule has 0 saturated carbocycles. The molecule has 33 heavy (non-hydrogen) atoms. The summed E-state index contributed by atoms with van der Waals surface area (Å²) >= 11 is 0. The summed E-state index contributed by atoms with van der Waals surface area (Å²) in [6.07, 6.45) is 6.96. The van der Waals surface area contributed by atoms with Crippen LogP contribution in [-0.2, 0) is 0 Å². The molecule has 6 nitrogen and oxygen atoms in total. The molecule has 0 radical (unpaired) electrons. The van der Waals surface area contributed by atoms with Crippen molar-refractivity contribution >= 4 is 17.4 Å². The van der Waals surface area contributed by atoms with E-state index in [2.05, 4.69) is 53.7 Å². The number of rotatable bonds is 12. The summed E-state index contributed by atoms with van der Waals surface area (Å²) in [5.41, 5.74) is 3.38. The zero-order valence-corrected chi connectivity index (χ0v) is 20.2. The van der Waals surface area contributed by atoms with E-state index in [4.69, 9.17) is 9.73 Å². The zero-order chi connectivity index (χ0) is 24.1. The van der Waals surface area contributed by atoms with Gasteiger partial charge in [0.2, 0.25) is 0 Å². The summed E-state index contributed by atoms with van der Waals surface area (Å²) in [5, 5.41) is 9.11. The second-order valence-corrected chi connectivity index (χ2v) is 7.52. The normalized spacial score (nSPS) is 12.6. The predicted octanol–water partition coefficient (Wildman–Crippen LogP) is 6.93. The van der Waals surface area contributed by atoms with Crippen molar-refractivity contribution in [3.63, 3.8) is 0 Å². The molecule has 0 spiro atoms. The molecule has 0 aliphatic heterocycles. The Hall–Kier alpha value is -3.54. The van der Waals surface area contributed by atoms with Gasteiger partial charge >= 0.3 is 6.03 Å². The average Bonchev–Trinajstić information content (AvgIpc) is 2.84. The highest BCUT2D eigenvalue weighted by molar-refractivity contribution is 6.09. The third-order valence-corrected chi connectivity index (χ3v) is 5.16. The third kappa shape index (κ3) is 7.83. The molecular formula is C27H42N4O2. The van der Waals surface area contributed by atoms with Crippen molar-refractivity contribution in [1.82, 2.24) is 10.6 Å². The number of anilines is 1. The van der Waals surface area contributed by atoms with Gasteiger partial charge in [0.25, 0.3) is 0 Å². The van der Waals surface area contributed by atoms with Crippen LogP contribution in [0.2, 0.25) is 0 Å². The van der Waals surface area contributed by atoms with Gasteiger partial charge in [-0.05, 0) is 50.1 Å². The SMILES string of the molecule is C=C/C(=N\C(=C\C)NC(CCCC)c1ccccc1)c1ccc(NC(=O)NCC)c(OC)c1.[HH].[HH].[HH]. The molecule has 3 N–H and O–H groups in total. The van der Waals surface area contributed by atoms with E-state index in [9.17, 15) is 4.79 Å². The summed E-state index contributed by atoms with van der Waals surface area (Å²) < 4.78 is 5.50. The maximum Gasteiger partial charge on any atom is 0.319 e. The van der Waals surface area contributed by atoms with Crippen LogP contribution < -0.4 is 20.7 Å². The van der Waals surface area contributed by atoms with E-state index in [0.29, 0.717) is 23.7 Å². The minimum Gasteiger partial charge on any atom is -0.495 e. The number of amides is 2. The van der Waals surface area contributed by atoms with E-state index in [0.717, 1.165) is 30.6 Å². The Kier molecular flexibility index (Phi) is 10.7. The number of nitrogens with one attached hydrogen (secondary N) is 3. The van der Waals surface area contributed by atoms with Crippen LogP contribution >= 0.6 is 0 Å². The van der Waals surface area contributed by atoms with Crippen LogP contribution in [-0.4, -0.2) is 25.4 Å². The van der Waals surface area contributed by atoms with Gasteiger partial charge in [-0.2, -0.15) is 0 Å². The van der Waals surface area contributed by atoms with E-state index in [1.807, 2.05) is 38.1 Å². The van der Waals surface area contributed by atoms with Crippen molar-refractivity contribution in [2.45, 2.75) is 46.1 Å². The monoisotopic (exact) mass is 454 g/mol. The summed E-state index contributed by atoms with van der Waals surface area (Å²) in [5.74, 6) is 1.33. The largest absolute Gasteiger partial charge is 0.495 e. The van der Waals surface area contributed by atoms with E-state index >= 15 is 0 Å². The molecule has 0 fully saturated rings. The standard InChI is InChI=1S/C27H36N4O2.3H2/c1-6-10-16-23(20-14-12-11-13-15-20)30-26(8-3)29-22(7-2)21-17-18-24(25(19-21)33-5)31-27(32)28-9-4;;;/h7-8,11-15,17-19,23,30H,2,6,9-10,16H2,1,3-5H3,(H2,28,31,32);3*1H/b26-8-,29-22+;;;. The number of hydrogen-bond donors (Lipinski definition) is 3. The Morgan fingerprint density at radius 1 is 1.21 bits per heavy atom. The number of carbonyl (C=O) groups is 1. The summed E-state index contributed by atoms with van der Waals surface area (Å²) in [4.78, 5) is 16.7. The number of hydrogen-bond acceptors (Lipinski definition) is 4. The van der Waals surface area contributed by atoms with E-state index in [1.54, 1.807) is 19.3 Å². The number of methoxy groups -OCH3 is 1. The van der Waals surface area contributed by atoms with Gasteiger partial charge in [-0.25, -0.2) is 9.79 Å². The molecule has 0 saturated heterocycles. The number of urea groups is 1. The molecule has 182 valence electrons. The number of unbranched alkanes of at least 4 members (excludes halogenated alkanes) is 1. The first-order valence-electron chi connectivity index (χ1n) is 11.5. The van der Waals surface area contributed by atoms with Crippen molar-refractivity contribution < 1.29 is 13.8 Å². The van der Waals surface area contributed by atoms with E-state index in [1.165, 1.54) is 5.56 Å². The summed E-state index contributed by atoms with van der Waals surface area (Å²) in [6.45, 7) is 10.5. The molecule has 6 heteroatoms. The Balaban J connectivity index is 0. The van der Waals surface area contributed by atoms with Gasteiger partial charge < -0.3 is 20.7 Å². The van der Waals surface area contributed by atoms with Crippen LogP contribution in [0.3, 0.4) is 0 Å². The maximum absolute atomic E-state index is 11.9. The average molecular weight is 455 g/mol. The fourth-order valence-corrected chi connectivity index (χ4v) is 3.41. The number of nitrogens with zero attached hydrogens (tertiary/aromatic N) is 1. The van der Waals surface area contributed by atoms with Crippen LogP contribution in [0.4, 0.5) is 10.5 Å². The van der Waals surface area contributed by atoms with Crippen LogP contribution in [0.1, 0.15) is 61.5 Å². The van der Waals surface area contributed by atoms with Gasteiger partial charge in [0.1, 0.15) is 11.6 Å². The fourth-order valence-electron chi connectivity index (χ4n) is 3.41. The van der Waals surface area contributed by atoms with Gasteiger partial charge in [0, 0.05) is 16.4 Å². The highest BCUT2D eigenvalue weighted by atomic mass is 16.5. The lowest BCUT2D eigenvalue weighted by Crippen LogP contribution is -2.28. The number of aliphatic imine (C=N–C) groups is 1. The Bertz CT molecular complexity index is 982. The molecule has 2 rings (SSSR count). The molecule has 2 amide bonds. The minimum atomic E-state index is -0.277. The molecule has 0 bridgehead atoms. The third-order valence-electron chi connectivity index (χ3n) is 5.16. The first-order valence-corrected chi connectivity index (χ1v) is 11.5. The van der Waals surface area contributed by atoms with Crippen LogP contribution in [0.25, 0.3) is 0 Å². The molecule has 0 aliphatic carbocycles. The molecular weight excluding hydrogens is 412 g/mol. The second-order valence-electron chi connectivity index (χ2n) is 7.52. The van der Waals surface area contributed by atoms with Crippen LogP contribution in [0.15, 0.2) is 78.1 Å². The van der Waals surface area contributed by atoms with Gasteiger partial charge in [0.15, 0.2) is 0 Å². The Morgan fingerprint density at radius 2 is 1.97 bits per heavy atom. The topological polar surface area (TPSA) is 74.8 Å². The number of allylic oxidation sites excluding steroid dienone is 2. The van der Waals surface area contributed by atoms with Crippen molar-refractivity contribution in [3.05, 3.63) is 84.2 Å². The molecule has 0 aromatic heterocycles. The highest BCUT2D eigenvalue weighted by Crippen LogP contribution is 2.27. The zero-order valence-electron chi connectivity index (χ0n) is 20.2. The maximum atomic E-state index is 11.9. The highest BCUT2D eigenvalue weighted by Gasteiger charge is 2.13. The fraction of sp³-hybridized carbons (Fsp3) is 0.333. The minimum absolute atomic E-state index is 0. The van der Waals surface area contributed by atoms with Crippen molar-refractivity contribution in [3.8, 4) is 5.75 Å². The van der Waals surface area contributed by atoms with Crippen molar-refractivity contribution in [2.24, 2.45) is 4.99 Å². The molecule has 1 unspecified atom stereocenters.